The van der Waals surface area contributed by atoms with Crippen LogP contribution in [0.5, 0.6) is 5.75 Å². The van der Waals surface area contributed by atoms with E-state index in [0.717, 1.165) is 35.9 Å². The summed E-state index contributed by atoms with van der Waals surface area (Å²) >= 11 is 0. The van der Waals surface area contributed by atoms with Crippen molar-refractivity contribution in [3.63, 3.8) is 0 Å². The molecule has 6 heteroatoms. The van der Waals surface area contributed by atoms with Gasteiger partial charge in [0.2, 0.25) is 0 Å². The first-order chi connectivity index (χ1) is 11.8. The fourth-order valence-electron chi connectivity index (χ4n) is 2.74. The minimum atomic E-state index is 0.707. The van der Waals surface area contributed by atoms with Crippen molar-refractivity contribution in [1.82, 2.24) is 9.97 Å². The first kappa shape index (κ1) is 16.2. The van der Waals surface area contributed by atoms with Crippen molar-refractivity contribution in [3.05, 3.63) is 42.2 Å². The molecule has 1 fully saturated rings. The molecule has 6 nitrogen and oxygen atoms in total. The molecular formula is C18H23N5O. The van der Waals surface area contributed by atoms with Crippen LogP contribution in [0.3, 0.4) is 0 Å². The smallest absolute Gasteiger partial charge is 0.151 e. The van der Waals surface area contributed by atoms with Crippen LogP contribution < -0.4 is 15.1 Å². The Morgan fingerprint density at radius 3 is 2.58 bits per heavy atom. The van der Waals surface area contributed by atoms with Crippen molar-refractivity contribution in [2.45, 2.75) is 26.2 Å². The van der Waals surface area contributed by atoms with Crippen molar-refractivity contribution in [2.75, 3.05) is 30.5 Å². The Kier molecular flexibility index (Phi) is 5.25. The second-order valence-electron chi connectivity index (χ2n) is 5.85. The van der Waals surface area contributed by atoms with Crippen LogP contribution in [0.15, 0.2) is 41.8 Å². The molecule has 0 atom stereocenters. The SMILES string of the molecule is COc1ccc(/C(C)=N\Nc2cc(N3CCCCC3)ncn2)cc1. The van der Waals surface area contributed by atoms with Gasteiger partial charge < -0.3 is 9.64 Å². The average Bonchev–Trinajstić information content (AvgIpc) is 2.67. The highest BCUT2D eigenvalue weighted by atomic mass is 16.5. The zero-order chi connectivity index (χ0) is 16.8. The summed E-state index contributed by atoms with van der Waals surface area (Å²) in [6, 6.07) is 9.77. The van der Waals surface area contributed by atoms with E-state index in [1.54, 1.807) is 13.4 Å². The minimum absolute atomic E-state index is 0.707. The summed E-state index contributed by atoms with van der Waals surface area (Å²) in [5.74, 6) is 2.50. The third-order valence-corrected chi connectivity index (χ3v) is 4.18. The summed E-state index contributed by atoms with van der Waals surface area (Å²) < 4.78 is 5.17. The zero-order valence-electron chi connectivity index (χ0n) is 14.2. The number of nitrogens with one attached hydrogen (secondary N) is 1. The van der Waals surface area contributed by atoms with Crippen molar-refractivity contribution >= 4 is 17.3 Å². The van der Waals surface area contributed by atoms with Crippen LogP contribution in [0.1, 0.15) is 31.7 Å². The molecule has 1 aromatic carbocycles. The molecule has 3 rings (SSSR count). The van der Waals surface area contributed by atoms with Gasteiger partial charge in [-0.1, -0.05) is 0 Å². The molecule has 1 saturated heterocycles. The average molecular weight is 325 g/mol. The lowest BCUT2D eigenvalue weighted by Crippen LogP contribution is -2.30. The molecule has 1 aromatic heterocycles. The maximum Gasteiger partial charge on any atom is 0.151 e. The van der Waals surface area contributed by atoms with Crippen LogP contribution in [-0.4, -0.2) is 35.9 Å². The number of hydrogen-bond donors (Lipinski definition) is 1. The summed E-state index contributed by atoms with van der Waals surface area (Å²) in [4.78, 5) is 10.9. The van der Waals surface area contributed by atoms with Gasteiger partial charge in [0.25, 0.3) is 0 Å². The van der Waals surface area contributed by atoms with Crippen LogP contribution in [0.25, 0.3) is 0 Å². The van der Waals surface area contributed by atoms with Gasteiger partial charge in [0, 0.05) is 19.2 Å². The first-order valence-corrected chi connectivity index (χ1v) is 8.28. The maximum atomic E-state index is 5.17. The number of hydrazone groups is 1. The van der Waals surface area contributed by atoms with E-state index in [4.69, 9.17) is 4.74 Å². The van der Waals surface area contributed by atoms with Gasteiger partial charge >= 0.3 is 0 Å². The molecule has 0 amide bonds. The molecule has 126 valence electrons. The lowest BCUT2D eigenvalue weighted by atomic mass is 10.1. The van der Waals surface area contributed by atoms with E-state index < -0.39 is 0 Å². The van der Waals surface area contributed by atoms with Gasteiger partial charge in [-0.2, -0.15) is 5.10 Å². The van der Waals surface area contributed by atoms with E-state index in [0.29, 0.717) is 5.82 Å². The number of hydrogen-bond acceptors (Lipinski definition) is 6. The standard InChI is InChI=1S/C18H23N5O/c1-14(15-6-8-16(24-2)9-7-15)21-22-17-12-18(20-13-19-17)23-10-4-3-5-11-23/h6-9,12-13H,3-5,10-11H2,1-2H3,(H,19,20,22)/b21-14-. The van der Waals surface area contributed by atoms with Crippen LogP contribution in [0.2, 0.25) is 0 Å². The van der Waals surface area contributed by atoms with Gasteiger partial charge in [-0.15, -0.1) is 0 Å². The number of benzene rings is 1. The first-order valence-electron chi connectivity index (χ1n) is 8.28. The Labute approximate surface area is 142 Å². The Balaban J connectivity index is 1.68. The van der Waals surface area contributed by atoms with E-state index in [1.807, 2.05) is 37.3 Å². The van der Waals surface area contributed by atoms with Crippen LogP contribution in [0.4, 0.5) is 11.6 Å². The van der Waals surface area contributed by atoms with Gasteiger partial charge in [-0.25, -0.2) is 9.97 Å². The highest BCUT2D eigenvalue weighted by Gasteiger charge is 2.12. The molecular weight excluding hydrogens is 302 g/mol. The number of rotatable bonds is 5. The van der Waals surface area contributed by atoms with E-state index in [1.165, 1.54) is 19.3 Å². The predicted molar refractivity (Wildman–Crippen MR) is 96.9 cm³/mol. The number of ether oxygens (including phenoxy) is 1. The van der Waals surface area contributed by atoms with E-state index >= 15 is 0 Å². The van der Waals surface area contributed by atoms with Crippen molar-refractivity contribution in [1.29, 1.82) is 0 Å². The Bertz CT molecular complexity index is 693. The Morgan fingerprint density at radius 1 is 1.12 bits per heavy atom. The lowest BCUT2D eigenvalue weighted by molar-refractivity contribution is 0.415. The number of piperidine rings is 1. The maximum absolute atomic E-state index is 5.17. The second-order valence-corrected chi connectivity index (χ2v) is 5.85. The molecule has 0 spiro atoms. The third-order valence-electron chi connectivity index (χ3n) is 4.18. The minimum Gasteiger partial charge on any atom is -0.497 e. The summed E-state index contributed by atoms with van der Waals surface area (Å²) in [6.07, 6.45) is 5.34. The second kappa shape index (κ2) is 7.77. The van der Waals surface area contributed by atoms with Crippen molar-refractivity contribution in [2.24, 2.45) is 5.10 Å². The van der Waals surface area contributed by atoms with Crippen molar-refractivity contribution in [3.8, 4) is 5.75 Å². The number of aromatic nitrogens is 2. The van der Waals surface area contributed by atoms with Gasteiger partial charge in [0.1, 0.15) is 17.9 Å². The van der Waals surface area contributed by atoms with E-state index in [2.05, 4.69) is 25.4 Å². The van der Waals surface area contributed by atoms with Gasteiger partial charge in [0.05, 0.1) is 12.8 Å². The quantitative estimate of drug-likeness (QED) is 0.675. The van der Waals surface area contributed by atoms with E-state index in [-0.39, 0.29) is 0 Å². The Hall–Kier alpha value is -2.63. The normalized spacial score (nSPS) is 15.2. The monoisotopic (exact) mass is 325 g/mol. The molecule has 1 aliphatic rings. The number of methoxy groups -OCH3 is 1. The summed E-state index contributed by atoms with van der Waals surface area (Å²) in [7, 11) is 1.66. The summed E-state index contributed by atoms with van der Waals surface area (Å²) in [5.41, 5.74) is 4.95. The van der Waals surface area contributed by atoms with Gasteiger partial charge in [-0.05, 0) is 56.0 Å². The number of nitrogens with zero attached hydrogens (tertiary/aromatic N) is 4. The van der Waals surface area contributed by atoms with Crippen LogP contribution in [-0.2, 0) is 0 Å². The Morgan fingerprint density at radius 2 is 1.88 bits per heavy atom. The molecule has 0 unspecified atom stereocenters. The van der Waals surface area contributed by atoms with Crippen molar-refractivity contribution < 1.29 is 4.74 Å². The predicted octanol–water partition coefficient (Wildman–Crippen LogP) is 3.31. The van der Waals surface area contributed by atoms with Crippen LogP contribution in [0, 0.1) is 0 Å². The molecule has 0 aliphatic carbocycles. The molecule has 2 aromatic rings. The molecule has 24 heavy (non-hydrogen) atoms. The summed E-state index contributed by atoms with van der Waals surface area (Å²) in [6.45, 7) is 4.08. The lowest BCUT2D eigenvalue weighted by Gasteiger charge is -2.27. The zero-order valence-corrected chi connectivity index (χ0v) is 14.2. The fourth-order valence-corrected chi connectivity index (χ4v) is 2.74. The largest absolute Gasteiger partial charge is 0.497 e. The molecule has 1 aliphatic heterocycles. The topological polar surface area (TPSA) is 62.6 Å². The molecule has 0 radical (unpaired) electrons. The number of anilines is 2. The van der Waals surface area contributed by atoms with E-state index in [9.17, 15) is 0 Å². The molecule has 0 bridgehead atoms. The molecule has 0 saturated carbocycles. The molecule has 1 N–H and O–H groups in total. The molecule has 2 heterocycles. The van der Waals surface area contributed by atoms with Gasteiger partial charge in [-0.3, -0.25) is 5.43 Å². The fraction of sp³-hybridized carbons (Fsp3) is 0.389. The van der Waals surface area contributed by atoms with Gasteiger partial charge in [0.15, 0.2) is 5.82 Å². The third kappa shape index (κ3) is 4.01. The van der Waals surface area contributed by atoms with Crippen LogP contribution >= 0.6 is 0 Å². The summed E-state index contributed by atoms with van der Waals surface area (Å²) in [5, 5.41) is 4.42. The highest BCUT2D eigenvalue weighted by molar-refractivity contribution is 5.99. The highest BCUT2D eigenvalue weighted by Crippen LogP contribution is 2.19.